The Labute approximate surface area is 178 Å². The summed E-state index contributed by atoms with van der Waals surface area (Å²) in [6.45, 7) is 13.0. The standard InChI is InChI=1S/C25H29FN4/c1-17-6-7-20(15-19(3)28-18(2)14-17)23-12-13-24(30-29-23)27-16-25(4,5)21-8-10-22(26)11-9-21/h6-13,15,28H,2,14,16H2,1,3-5H3,(H,27,30)/b17-6+,19-15+,20-7+. The van der Waals surface area contributed by atoms with E-state index in [1.807, 2.05) is 31.2 Å². The second-order valence-corrected chi connectivity index (χ2v) is 8.42. The molecule has 0 unspecified atom stereocenters. The van der Waals surface area contributed by atoms with Crippen LogP contribution in [0.3, 0.4) is 0 Å². The predicted molar refractivity (Wildman–Crippen MR) is 122 cm³/mol. The summed E-state index contributed by atoms with van der Waals surface area (Å²) < 4.78 is 13.2. The minimum absolute atomic E-state index is 0.176. The van der Waals surface area contributed by atoms with Crippen LogP contribution in [0.4, 0.5) is 10.2 Å². The van der Waals surface area contributed by atoms with E-state index in [2.05, 4.69) is 66.4 Å². The highest BCUT2D eigenvalue weighted by Gasteiger charge is 2.20. The Morgan fingerprint density at radius 3 is 2.47 bits per heavy atom. The maximum Gasteiger partial charge on any atom is 0.148 e. The first kappa shape index (κ1) is 21.5. The number of anilines is 1. The smallest absolute Gasteiger partial charge is 0.148 e. The lowest BCUT2D eigenvalue weighted by Gasteiger charge is -2.25. The highest BCUT2D eigenvalue weighted by molar-refractivity contribution is 5.74. The molecule has 5 heteroatoms. The summed E-state index contributed by atoms with van der Waals surface area (Å²) in [6, 6.07) is 10.5. The summed E-state index contributed by atoms with van der Waals surface area (Å²) in [7, 11) is 0. The third-order valence-electron chi connectivity index (χ3n) is 5.08. The van der Waals surface area contributed by atoms with Gasteiger partial charge < -0.3 is 10.6 Å². The molecular weight excluding hydrogens is 375 g/mol. The number of nitrogens with zero attached hydrogens (tertiary/aromatic N) is 2. The van der Waals surface area contributed by atoms with Gasteiger partial charge in [0.15, 0.2) is 0 Å². The number of hydrogen-bond acceptors (Lipinski definition) is 4. The zero-order chi connectivity index (χ0) is 21.7. The van der Waals surface area contributed by atoms with Gasteiger partial charge in [-0.05, 0) is 49.8 Å². The fraction of sp³-hybridized carbons (Fsp3) is 0.280. The number of aromatic nitrogens is 2. The molecule has 1 aliphatic heterocycles. The van der Waals surface area contributed by atoms with E-state index in [1.54, 1.807) is 0 Å². The predicted octanol–water partition coefficient (Wildman–Crippen LogP) is 5.75. The number of allylic oxidation sites excluding steroid dienone is 6. The van der Waals surface area contributed by atoms with Crippen LogP contribution in [0, 0.1) is 5.82 Å². The average molecular weight is 405 g/mol. The van der Waals surface area contributed by atoms with Crippen molar-refractivity contribution in [2.75, 3.05) is 11.9 Å². The molecule has 156 valence electrons. The van der Waals surface area contributed by atoms with Gasteiger partial charge in [-0.2, -0.15) is 0 Å². The second kappa shape index (κ2) is 9.08. The molecule has 0 aliphatic carbocycles. The van der Waals surface area contributed by atoms with E-state index in [1.165, 1.54) is 17.7 Å². The van der Waals surface area contributed by atoms with Gasteiger partial charge in [0.05, 0.1) is 5.69 Å². The Kier molecular flexibility index (Phi) is 6.50. The van der Waals surface area contributed by atoms with Crippen LogP contribution in [0.2, 0.25) is 0 Å². The van der Waals surface area contributed by atoms with Gasteiger partial charge in [0.1, 0.15) is 11.6 Å². The van der Waals surface area contributed by atoms with Crippen molar-refractivity contribution in [1.29, 1.82) is 0 Å². The molecular formula is C25H29FN4. The van der Waals surface area contributed by atoms with E-state index >= 15 is 0 Å². The Balaban J connectivity index is 1.73. The molecule has 2 heterocycles. The number of benzene rings is 1. The van der Waals surface area contributed by atoms with E-state index in [0.717, 1.165) is 34.6 Å². The fourth-order valence-corrected chi connectivity index (χ4v) is 3.32. The molecule has 0 spiro atoms. The van der Waals surface area contributed by atoms with Gasteiger partial charge in [-0.3, -0.25) is 0 Å². The van der Waals surface area contributed by atoms with Gasteiger partial charge in [0.2, 0.25) is 0 Å². The largest absolute Gasteiger partial charge is 0.368 e. The Hall–Kier alpha value is -3.21. The van der Waals surface area contributed by atoms with Gasteiger partial charge in [-0.25, -0.2) is 4.39 Å². The van der Waals surface area contributed by atoms with E-state index in [4.69, 9.17) is 0 Å². The third-order valence-corrected chi connectivity index (χ3v) is 5.08. The normalized spacial score (nSPS) is 20.3. The Morgan fingerprint density at radius 2 is 1.80 bits per heavy atom. The lowest BCUT2D eigenvalue weighted by atomic mass is 9.84. The molecule has 0 bridgehead atoms. The minimum atomic E-state index is -0.225. The van der Waals surface area contributed by atoms with Gasteiger partial charge >= 0.3 is 0 Å². The van der Waals surface area contributed by atoms with Crippen LogP contribution in [0.1, 0.15) is 45.4 Å². The molecule has 0 atom stereocenters. The highest BCUT2D eigenvalue weighted by atomic mass is 19.1. The minimum Gasteiger partial charge on any atom is -0.368 e. The summed E-state index contributed by atoms with van der Waals surface area (Å²) in [5.74, 6) is 0.480. The van der Waals surface area contributed by atoms with Crippen LogP contribution in [-0.4, -0.2) is 16.7 Å². The van der Waals surface area contributed by atoms with Gasteiger partial charge in [-0.15, -0.1) is 10.2 Å². The summed E-state index contributed by atoms with van der Waals surface area (Å²) in [5, 5.41) is 15.4. The van der Waals surface area contributed by atoms with Crippen molar-refractivity contribution >= 4 is 11.4 Å². The molecule has 30 heavy (non-hydrogen) atoms. The average Bonchev–Trinajstić information content (AvgIpc) is 2.76. The first-order valence-corrected chi connectivity index (χ1v) is 10.1. The molecule has 0 amide bonds. The fourth-order valence-electron chi connectivity index (χ4n) is 3.32. The number of hydrogen-bond donors (Lipinski definition) is 2. The van der Waals surface area contributed by atoms with Crippen LogP contribution in [-0.2, 0) is 5.41 Å². The van der Waals surface area contributed by atoms with Gasteiger partial charge in [0.25, 0.3) is 0 Å². The molecule has 4 nitrogen and oxygen atoms in total. The summed E-state index contributed by atoms with van der Waals surface area (Å²) in [6.07, 6.45) is 7.02. The highest BCUT2D eigenvalue weighted by Crippen LogP contribution is 2.24. The molecule has 2 N–H and O–H groups in total. The lowest BCUT2D eigenvalue weighted by Crippen LogP contribution is -2.28. The third kappa shape index (κ3) is 5.66. The van der Waals surface area contributed by atoms with Crippen LogP contribution < -0.4 is 10.6 Å². The van der Waals surface area contributed by atoms with Crippen molar-refractivity contribution in [3.8, 4) is 0 Å². The first-order chi connectivity index (χ1) is 14.2. The molecule has 3 rings (SSSR count). The second-order valence-electron chi connectivity index (χ2n) is 8.42. The van der Waals surface area contributed by atoms with E-state index < -0.39 is 0 Å². The molecule has 2 aromatic rings. The van der Waals surface area contributed by atoms with Crippen molar-refractivity contribution in [3.05, 3.63) is 95.2 Å². The van der Waals surface area contributed by atoms with Crippen LogP contribution >= 0.6 is 0 Å². The topological polar surface area (TPSA) is 49.8 Å². The van der Waals surface area contributed by atoms with Gasteiger partial charge in [-0.1, -0.05) is 50.3 Å². The maximum atomic E-state index is 13.2. The van der Waals surface area contributed by atoms with Crippen LogP contribution in [0.15, 0.2) is 78.2 Å². The lowest BCUT2D eigenvalue weighted by molar-refractivity contribution is 0.552. The van der Waals surface area contributed by atoms with Crippen molar-refractivity contribution in [1.82, 2.24) is 15.5 Å². The monoisotopic (exact) mass is 404 g/mol. The van der Waals surface area contributed by atoms with Gasteiger partial charge in [0, 0.05) is 35.3 Å². The summed E-state index contributed by atoms with van der Waals surface area (Å²) in [4.78, 5) is 0. The van der Waals surface area contributed by atoms with E-state index in [9.17, 15) is 4.39 Å². The van der Waals surface area contributed by atoms with Crippen LogP contribution in [0.5, 0.6) is 0 Å². The maximum absolute atomic E-state index is 13.2. The van der Waals surface area contributed by atoms with E-state index in [0.29, 0.717) is 12.4 Å². The van der Waals surface area contributed by atoms with Crippen molar-refractivity contribution < 1.29 is 4.39 Å². The first-order valence-electron chi connectivity index (χ1n) is 10.1. The van der Waals surface area contributed by atoms with Crippen molar-refractivity contribution in [3.63, 3.8) is 0 Å². The molecule has 0 radical (unpaired) electrons. The Morgan fingerprint density at radius 1 is 1.07 bits per heavy atom. The van der Waals surface area contributed by atoms with Crippen LogP contribution in [0.25, 0.3) is 5.57 Å². The Bertz CT molecular complexity index is 996. The summed E-state index contributed by atoms with van der Waals surface area (Å²) >= 11 is 0. The molecule has 1 aromatic heterocycles. The number of halogens is 1. The molecule has 0 saturated carbocycles. The molecule has 0 saturated heterocycles. The number of nitrogens with one attached hydrogen (secondary N) is 2. The molecule has 1 aromatic carbocycles. The molecule has 1 aliphatic rings. The molecule has 0 fully saturated rings. The zero-order valence-corrected chi connectivity index (χ0v) is 18.1. The van der Waals surface area contributed by atoms with E-state index in [-0.39, 0.29) is 11.2 Å². The quantitative estimate of drug-likeness (QED) is 0.667. The SMILES string of the molecule is C=C1C/C(C)=C/C=C(c2ccc(NCC(C)(C)c3ccc(F)cc3)nn2)\C=C(/C)N1. The number of rotatable bonds is 5. The van der Waals surface area contributed by atoms with Crippen molar-refractivity contribution in [2.24, 2.45) is 0 Å². The summed E-state index contributed by atoms with van der Waals surface area (Å²) in [5.41, 5.74) is 5.89. The zero-order valence-electron chi connectivity index (χ0n) is 18.1. The van der Waals surface area contributed by atoms with Crippen molar-refractivity contribution in [2.45, 2.75) is 39.5 Å².